The largest absolute Gasteiger partial charge is 0.460 e. The maximum absolute atomic E-state index is 13.1. The summed E-state index contributed by atoms with van der Waals surface area (Å²) in [7, 11) is 1.52. The second kappa shape index (κ2) is 12.7. The molecule has 2 N–H and O–H groups in total. The summed E-state index contributed by atoms with van der Waals surface area (Å²) < 4.78 is 10.4. The van der Waals surface area contributed by atoms with Crippen LogP contribution >= 0.6 is 23.4 Å². The number of hydrogen-bond acceptors (Lipinski definition) is 7. The van der Waals surface area contributed by atoms with Crippen LogP contribution in [0.25, 0.3) is 10.8 Å². The quantitative estimate of drug-likeness (QED) is 0.260. The lowest BCUT2D eigenvalue weighted by atomic mass is 9.82. The third-order valence-corrected chi connectivity index (χ3v) is 7.38. The lowest BCUT2D eigenvalue weighted by molar-refractivity contribution is -0.140. The predicted octanol–water partition coefficient (Wildman–Crippen LogP) is 5.75. The Hall–Kier alpha value is -3.77. The van der Waals surface area contributed by atoms with Crippen LogP contribution in [0.4, 0.5) is 5.69 Å². The fourth-order valence-electron chi connectivity index (χ4n) is 4.27. The summed E-state index contributed by atoms with van der Waals surface area (Å²) in [5.41, 5.74) is 2.41. The Morgan fingerprint density at radius 3 is 2.58 bits per heavy atom. The van der Waals surface area contributed by atoms with Gasteiger partial charge >= 0.3 is 5.97 Å². The number of carbonyl (C=O) groups excluding carboxylic acids is 2. The van der Waals surface area contributed by atoms with Gasteiger partial charge in [-0.25, -0.2) is 4.79 Å². The van der Waals surface area contributed by atoms with E-state index in [0.717, 1.165) is 10.8 Å². The highest BCUT2D eigenvalue weighted by Gasteiger charge is 2.36. The molecule has 0 aliphatic carbocycles. The summed E-state index contributed by atoms with van der Waals surface area (Å²) in [6, 6.07) is 22.8. The smallest absolute Gasteiger partial charge is 0.336 e. The summed E-state index contributed by atoms with van der Waals surface area (Å²) in [6.45, 7) is 2.06. The molecule has 194 valence electrons. The number of carbonyl (C=O) groups is 2. The van der Waals surface area contributed by atoms with E-state index in [2.05, 4.69) is 16.7 Å². The third-order valence-electron chi connectivity index (χ3n) is 6.02. The molecule has 3 aromatic carbocycles. The molecular formula is C29H26ClN3O4S. The van der Waals surface area contributed by atoms with Crippen LogP contribution in [0.2, 0.25) is 5.02 Å². The summed E-state index contributed by atoms with van der Waals surface area (Å²) in [4.78, 5) is 26.0. The number of anilines is 1. The van der Waals surface area contributed by atoms with Crippen LogP contribution in [0.3, 0.4) is 0 Å². The van der Waals surface area contributed by atoms with Crippen LogP contribution in [0, 0.1) is 11.3 Å². The normalized spacial score (nSPS) is 15.2. The highest BCUT2D eigenvalue weighted by molar-refractivity contribution is 8.03. The van der Waals surface area contributed by atoms with Gasteiger partial charge < -0.3 is 20.1 Å². The second-order valence-corrected chi connectivity index (χ2v) is 9.86. The Morgan fingerprint density at radius 2 is 1.82 bits per heavy atom. The molecule has 1 heterocycles. The van der Waals surface area contributed by atoms with Crippen molar-refractivity contribution in [3.8, 4) is 6.07 Å². The van der Waals surface area contributed by atoms with Crippen LogP contribution < -0.4 is 10.6 Å². The number of thioether (sulfide) groups is 1. The molecule has 1 amide bonds. The van der Waals surface area contributed by atoms with Gasteiger partial charge in [-0.1, -0.05) is 78.0 Å². The molecular weight excluding hydrogens is 522 g/mol. The van der Waals surface area contributed by atoms with Crippen molar-refractivity contribution >= 4 is 51.7 Å². The minimum atomic E-state index is -0.756. The molecule has 0 spiro atoms. The van der Waals surface area contributed by atoms with Crippen molar-refractivity contribution in [2.75, 3.05) is 31.4 Å². The number of ether oxygens (including phenoxy) is 2. The number of nitrogens with one attached hydrogen (secondary N) is 2. The molecule has 0 bridgehead atoms. The molecule has 1 aliphatic rings. The van der Waals surface area contributed by atoms with E-state index in [1.165, 1.54) is 18.9 Å². The first-order valence-corrected chi connectivity index (χ1v) is 13.2. The predicted molar refractivity (Wildman–Crippen MR) is 151 cm³/mol. The molecule has 0 saturated heterocycles. The van der Waals surface area contributed by atoms with Crippen LogP contribution in [0.15, 0.2) is 88.6 Å². The molecule has 4 rings (SSSR count). The van der Waals surface area contributed by atoms with E-state index in [1.54, 1.807) is 31.2 Å². The van der Waals surface area contributed by atoms with E-state index in [9.17, 15) is 14.9 Å². The zero-order chi connectivity index (χ0) is 27.1. The average molecular weight is 548 g/mol. The summed E-state index contributed by atoms with van der Waals surface area (Å²) >= 11 is 7.71. The minimum absolute atomic E-state index is 0.0485. The van der Waals surface area contributed by atoms with Gasteiger partial charge in [0.15, 0.2) is 0 Å². The van der Waals surface area contributed by atoms with Crippen molar-refractivity contribution in [3.63, 3.8) is 0 Å². The lowest BCUT2D eigenvalue weighted by Gasteiger charge is -2.29. The van der Waals surface area contributed by atoms with E-state index >= 15 is 0 Å². The Balaban J connectivity index is 1.60. The van der Waals surface area contributed by atoms with Gasteiger partial charge in [0.1, 0.15) is 6.61 Å². The zero-order valence-electron chi connectivity index (χ0n) is 20.9. The van der Waals surface area contributed by atoms with Gasteiger partial charge in [0.05, 0.1) is 40.5 Å². The van der Waals surface area contributed by atoms with Crippen molar-refractivity contribution < 1.29 is 19.1 Å². The molecule has 38 heavy (non-hydrogen) atoms. The average Bonchev–Trinajstić information content (AvgIpc) is 2.92. The van der Waals surface area contributed by atoms with Crippen LogP contribution in [-0.4, -0.2) is 38.0 Å². The number of hydrogen-bond donors (Lipinski definition) is 2. The number of nitrogens with zero attached hydrogens (tertiary/aromatic N) is 1. The molecule has 1 aliphatic heterocycles. The Bertz CT molecular complexity index is 1470. The van der Waals surface area contributed by atoms with Crippen LogP contribution in [0.1, 0.15) is 18.4 Å². The second-order valence-electron chi connectivity index (χ2n) is 8.47. The number of nitriles is 1. The van der Waals surface area contributed by atoms with Gasteiger partial charge in [-0.2, -0.15) is 5.26 Å². The molecule has 1 atom stereocenters. The first kappa shape index (κ1) is 27.3. The zero-order valence-corrected chi connectivity index (χ0v) is 22.5. The number of fused-ring (bicyclic) bond motifs is 1. The van der Waals surface area contributed by atoms with Gasteiger partial charge in [-0.15, -0.1) is 0 Å². The van der Waals surface area contributed by atoms with E-state index in [-0.39, 0.29) is 36.0 Å². The van der Waals surface area contributed by atoms with E-state index in [0.29, 0.717) is 27.0 Å². The van der Waals surface area contributed by atoms with Gasteiger partial charge in [-0.3, -0.25) is 4.79 Å². The van der Waals surface area contributed by atoms with Gasteiger partial charge in [-0.05, 0) is 30.0 Å². The molecule has 0 unspecified atom stereocenters. The van der Waals surface area contributed by atoms with Crippen LogP contribution in [0.5, 0.6) is 0 Å². The number of allylic oxidation sites excluding steroid dienone is 2. The molecule has 0 aromatic heterocycles. The van der Waals surface area contributed by atoms with Crippen LogP contribution in [-0.2, 0) is 19.1 Å². The van der Waals surface area contributed by atoms with Crippen molar-refractivity contribution in [1.29, 1.82) is 5.26 Å². The Morgan fingerprint density at radius 1 is 1.08 bits per heavy atom. The molecule has 3 aromatic rings. The molecule has 0 saturated carbocycles. The Labute approximate surface area is 230 Å². The first-order chi connectivity index (χ1) is 18.4. The van der Waals surface area contributed by atoms with Gasteiger partial charge in [0.25, 0.3) is 0 Å². The lowest BCUT2D eigenvalue weighted by Crippen LogP contribution is -2.30. The maximum atomic E-state index is 13.1. The maximum Gasteiger partial charge on any atom is 0.336 e. The topological polar surface area (TPSA) is 100 Å². The number of amides is 1. The third kappa shape index (κ3) is 6.03. The Kier molecular flexibility index (Phi) is 9.08. The van der Waals surface area contributed by atoms with Crippen molar-refractivity contribution in [2.45, 2.75) is 12.8 Å². The minimum Gasteiger partial charge on any atom is -0.460 e. The van der Waals surface area contributed by atoms with Gasteiger partial charge in [0.2, 0.25) is 5.91 Å². The van der Waals surface area contributed by atoms with Gasteiger partial charge in [0, 0.05) is 28.9 Å². The van der Waals surface area contributed by atoms with E-state index < -0.39 is 11.9 Å². The summed E-state index contributed by atoms with van der Waals surface area (Å²) in [6.07, 6.45) is 0. The number of halogens is 1. The fraction of sp³-hybridized carbons (Fsp3) is 0.207. The van der Waals surface area contributed by atoms with Crippen molar-refractivity contribution in [2.24, 2.45) is 0 Å². The number of esters is 1. The first-order valence-electron chi connectivity index (χ1n) is 11.9. The van der Waals surface area contributed by atoms with E-state index in [1.807, 2.05) is 42.5 Å². The molecule has 0 fully saturated rings. The molecule has 0 radical (unpaired) electrons. The summed E-state index contributed by atoms with van der Waals surface area (Å²) in [5.74, 6) is -1.50. The molecule has 7 nitrogen and oxygen atoms in total. The summed E-state index contributed by atoms with van der Waals surface area (Å²) in [5, 5.41) is 19.2. The monoisotopic (exact) mass is 547 g/mol. The SMILES string of the molecule is COCCOC(=O)C1=C(C)NC(SCC(=O)Nc2cccc3ccccc23)=C(C#N)[C@H]1c1ccccc1Cl. The number of methoxy groups -OCH3 is 1. The van der Waals surface area contributed by atoms with E-state index in [4.69, 9.17) is 21.1 Å². The molecule has 9 heteroatoms. The van der Waals surface area contributed by atoms with Crippen molar-refractivity contribution in [3.05, 3.63) is 99.2 Å². The standard InChI is InChI=1S/C29H26ClN3O4S/c1-18-26(29(35)37-15-14-36-2)27(21-11-5-6-12-23(21)30)22(16-31)28(32-18)38-17-25(34)33-24-13-7-9-19-8-3-4-10-20(19)24/h3-13,27,32H,14-15,17H2,1-2H3,(H,33,34)/t27-/m1/s1. The van der Waals surface area contributed by atoms with Crippen molar-refractivity contribution in [1.82, 2.24) is 5.32 Å². The number of benzene rings is 3. The number of rotatable bonds is 9. The highest BCUT2D eigenvalue weighted by atomic mass is 35.5. The fourth-order valence-corrected chi connectivity index (χ4v) is 5.41. The number of dihydropyridines is 1. The highest BCUT2D eigenvalue weighted by Crippen LogP contribution is 2.43.